The number of aromatic nitrogens is 2. The molecule has 3 rings (SSSR count). The van der Waals surface area contributed by atoms with Crippen molar-refractivity contribution in [2.75, 3.05) is 30.4 Å². The van der Waals surface area contributed by atoms with E-state index in [1.54, 1.807) is 6.33 Å². The van der Waals surface area contributed by atoms with Crippen LogP contribution in [0.5, 0.6) is 0 Å². The first-order valence-electron chi connectivity index (χ1n) is 6.72. The Morgan fingerprint density at radius 2 is 1.89 bits per heavy atom. The lowest BCUT2D eigenvalue weighted by Gasteiger charge is -2.22. The average Bonchev–Trinajstić information content (AvgIpc) is 2.82. The van der Waals surface area contributed by atoms with Gasteiger partial charge in [-0.15, -0.1) is 0 Å². The summed E-state index contributed by atoms with van der Waals surface area (Å²) in [6, 6.07) is 0. The molecule has 2 fully saturated rings. The second-order valence-corrected chi connectivity index (χ2v) is 5.68. The molecule has 2 unspecified atom stereocenters. The van der Waals surface area contributed by atoms with Crippen LogP contribution in [0.3, 0.4) is 0 Å². The van der Waals surface area contributed by atoms with E-state index in [0.717, 1.165) is 36.4 Å². The van der Waals surface area contributed by atoms with Gasteiger partial charge in [-0.3, -0.25) is 0 Å². The van der Waals surface area contributed by atoms with Gasteiger partial charge in [0.2, 0.25) is 0 Å². The molecule has 5 heteroatoms. The summed E-state index contributed by atoms with van der Waals surface area (Å²) in [5, 5.41) is 3.63. The number of anilines is 2. The number of fused-ring (bicyclic) bond motifs is 1. The zero-order chi connectivity index (χ0) is 12.5. The Bertz CT molecular complexity index is 423. The molecule has 0 aromatic carbocycles. The lowest BCUT2D eigenvalue weighted by Crippen LogP contribution is -2.22. The van der Waals surface area contributed by atoms with Crippen LogP contribution in [0.15, 0.2) is 6.33 Å². The van der Waals surface area contributed by atoms with E-state index in [1.165, 1.54) is 25.7 Å². The monoisotopic (exact) mass is 266 g/mol. The van der Waals surface area contributed by atoms with Crippen molar-refractivity contribution in [1.29, 1.82) is 0 Å². The van der Waals surface area contributed by atoms with Crippen molar-refractivity contribution in [2.45, 2.75) is 25.7 Å². The third-order valence-corrected chi connectivity index (χ3v) is 4.59. The van der Waals surface area contributed by atoms with Crippen molar-refractivity contribution in [3.8, 4) is 0 Å². The van der Waals surface area contributed by atoms with Gasteiger partial charge in [0, 0.05) is 20.1 Å². The molecule has 1 aliphatic heterocycles. The highest BCUT2D eigenvalue weighted by molar-refractivity contribution is 6.32. The number of hydrogen-bond donors (Lipinski definition) is 1. The third-order valence-electron chi connectivity index (χ3n) is 4.31. The maximum atomic E-state index is 6.12. The number of halogens is 1. The molecular formula is C13H19ClN4. The second-order valence-electron chi connectivity index (χ2n) is 5.32. The summed E-state index contributed by atoms with van der Waals surface area (Å²) in [7, 11) is 1.87. The fraction of sp³-hybridized carbons (Fsp3) is 0.692. The smallest absolute Gasteiger partial charge is 0.157 e. The SMILES string of the molecule is CNc1c(Cl)ncnc1N1CC2CCCCC2C1. The lowest BCUT2D eigenvalue weighted by molar-refractivity contribution is 0.299. The van der Waals surface area contributed by atoms with Crippen LogP contribution in [0.4, 0.5) is 11.5 Å². The fourth-order valence-corrected chi connectivity index (χ4v) is 3.61. The Balaban J connectivity index is 1.85. The van der Waals surface area contributed by atoms with Crippen molar-refractivity contribution in [3.63, 3.8) is 0 Å². The van der Waals surface area contributed by atoms with Gasteiger partial charge < -0.3 is 10.2 Å². The zero-order valence-electron chi connectivity index (χ0n) is 10.7. The molecule has 0 amide bonds. The first kappa shape index (κ1) is 12.0. The van der Waals surface area contributed by atoms with Crippen molar-refractivity contribution >= 4 is 23.1 Å². The Kier molecular flexibility index (Phi) is 3.29. The van der Waals surface area contributed by atoms with Crippen LogP contribution in [0.1, 0.15) is 25.7 Å². The molecule has 18 heavy (non-hydrogen) atoms. The van der Waals surface area contributed by atoms with Gasteiger partial charge in [-0.2, -0.15) is 0 Å². The first-order chi connectivity index (χ1) is 8.79. The summed E-state index contributed by atoms with van der Waals surface area (Å²) in [5.41, 5.74) is 0.859. The molecule has 1 saturated carbocycles. The third kappa shape index (κ3) is 2.03. The zero-order valence-corrected chi connectivity index (χ0v) is 11.5. The minimum atomic E-state index is 0.511. The molecular weight excluding hydrogens is 248 g/mol. The highest BCUT2D eigenvalue weighted by Gasteiger charge is 2.35. The Hall–Kier alpha value is -1.03. The summed E-state index contributed by atoms with van der Waals surface area (Å²) >= 11 is 6.12. The van der Waals surface area contributed by atoms with Gasteiger partial charge in [0.15, 0.2) is 11.0 Å². The summed E-state index contributed by atoms with van der Waals surface area (Å²) in [6.45, 7) is 2.24. The van der Waals surface area contributed by atoms with Crippen LogP contribution in [-0.4, -0.2) is 30.1 Å². The summed E-state index contributed by atoms with van der Waals surface area (Å²) in [4.78, 5) is 10.8. The normalized spacial score (nSPS) is 27.1. The van der Waals surface area contributed by atoms with Crippen molar-refractivity contribution in [2.24, 2.45) is 11.8 Å². The van der Waals surface area contributed by atoms with E-state index in [1.807, 2.05) is 7.05 Å². The molecule has 0 radical (unpaired) electrons. The molecule has 4 nitrogen and oxygen atoms in total. The van der Waals surface area contributed by atoms with Crippen LogP contribution >= 0.6 is 11.6 Å². The topological polar surface area (TPSA) is 41.1 Å². The molecule has 1 saturated heterocycles. The molecule has 2 atom stereocenters. The van der Waals surface area contributed by atoms with Gasteiger partial charge in [0.1, 0.15) is 12.0 Å². The van der Waals surface area contributed by atoms with Gasteiger partial charge >= 0.3 is 0 Å². The van der Waals surface area contributed by atoms with Crippen LogP contribution in [0.25, 0.3) is 0 Å². The molecule has 1 N–H and O–H groups in total. The summed E-state index contributed by atoms with van der Waals surface area (Å²) < 4.78 is 0. The molecule has 1 aromatic heterocycles. The van der Waals surface area contributed by atoms with E-state index < -0.39 is 0 Å². The minimum Gasteiger partial charge on any atom is -0.383 e. The van der Waals surface area contributed by atoms with E-state index in [0.29, 0.717) is 5.15 Å². The number of nitrogens with zero attached hydrogens (tertiary/aromatic N) is 3. The molecule has 2 heterocycles. The first-order valence-corrected chi connectivity index (χ1v) is 7.10. The van der Waals surface area contributed by atoms with Crippen LogP contribution in [0.2, 0.25) is 5.15 Å². The van der Waals surface area contributed by atoms with Gasteiger partial charge in [0.05, 0.1) is 0 Å². The molecule has 2 aliphatic rings. The van der Waals surface area contributed by atoms with Crippen LogP contribution < -0.4 is 10.2 Å². The van der Waals surface area contributed by atoms with Crippen molar-refractivity contribution < 1.29 is 0 Å². The quantitative estimate of drug-likeness (QED) is 0.836. The van der Waals surface area contributed by atoms with Crippen LogP contribution in [-0.2, 0) is 0 Å². The van der Waals surface area contributed by atoms with Gasteiger partial charge in [-0.25, -0.2) is 9.97 Å². The molecule has 1 aromatic rings. The van der Waals surface area contributed by atoms with E-state index in [-0.39, 0.29) is 0 Å². The van der Waals surface area contributed by atoms with Gasteiger partial charge in [0.25, 0.3) is 0 Å². The van der Waals surface area contributed by atoms with Crippen molar-refractivity contribution in [1.82, 2.24) is 9.97 Å². The van der Waals surface area contributed by atoms with Crippen molar-refractivity contribution in [3.05, 3.63) is 11.5 Å². The fourth-order valence-electron chi connectivity index (χ4n) is 3.39. The van der Waals surface area contributed by atoms with E-state index in [4.69, 9.17) is 11.6 Å². The Morgan fingerprint density at radius 3 is 2.50 bits per heavy atom. The molecule has 98 valence electrons. The van der Waals surface area contributed by atoms with E-state index in [9.17, 15) is 0 Å². The number of hydrogen-bond acceptors (Lipinski definition) is 4. The average molecular weight is 267 g/mol. The van der Waals surface area contributed by atoms with Gasteiger partial charge in [-0.1, -0.05) is 24.4 Å². The number of rotatable bonds is 2. The highest BCUT2D eigenvalue weighted by Crippen LogP contribution is 2.40. The molecule has 1 aliphatic carbocycles. The predicted octanol–water partition coefficient (Wildman–Crippen LogP) is 2.80. The highest BCUT2D eigenvalue weighted by atomic mass is 35.5. The van der Waals surface area contributed by atoms with Crippen LogP contribution in [0, 0.1) is 11.8 Å². The minimum absolute atomic E-state index is 0.511. The lowest BCUT2D eigenvalue weighted by atomic mass is 9.82. The number of nitrogens with one attached hydrogen (secondary N) is 1. The van der Waals surface area contributed by atoms with E-state index >= 15 is 0 Å². The van der Waals surface area contributed by atoms with E-state index in [2.05, 4.69) is 20.2 Å². The second kappa shape index (κ2) is 4.92. The maximum absolute atomic E-state index is 6.12. The molecule has 0 bridgehead atoms. The molecule has 0 spiro atoms. The maximum Gasteiger partial charge on any atom is 0.157 e. The summed E-state index contributed by atoms with van der Waals surface area (Å²) in [5.74, 6) is 2.65. The largest absolute Gasteiger partial charge is 0.383 e. The Labute approximate surface area is 113 Å². The van der Waals surface area contributed by atoms with Gasteiger partial charge in [-0.05, 0) is 24.7 Å². The summed E-state index contributed by atoms with van der Waals surface area (Å²) in [6.07, 6.45) is 7.07. The Morgan fingerprint density at radius 1 is 1.22 bits per heavy atom. The standard InChI is InChI=1S/C13H19ClN4/c1-15-11-12(14)16-8-17-13(11)18-6-9-4-2-3-5-10(9)7-18/h8-10,15H,2-7H2,1H3. The predicted molar refractivity (Wildman–Crippen MR) is 74.2 cm³/mol.